The summed E-state index contributed by atoms with van der Waals surface area (Å²) in [5, 5.41) is 10.7. The third-order valence-electron chi connectivity index (χ3n) is 3.37. The Morgan fingerprint density at radius 3 is 2.35 bits per heavy atom. The van der Waals surface area contributed by atoms with Gasteiger partial charge in [0.2, 0.25) is 0 Å². The van der Waals surface area contributed by atoms with Crippen LogP contribution in [0.1, 0.15) is 36.8 Å². The molecule has 1 N–H and O–H groups in total. The van der Waals surface area contributed by atoms with E-state index in [0.29, 0.717) is 0 Å². The van der Waals surface area contributed by atoms with Crippen molar-refractivity contribution in [3.63, 3.8) is 0 Å². The average Bonchev–Trinajstić information content (AvgIpc) is 2.29. The molecule has 1 aromatic carbocycles. The maximum atomic E-state index is 9.87. The molecule has 94 valence electrons. The Labute approximate surface area is 108 Å². The Bertz CT molecular complexity index is 380. The van der Waals surface area contributed by atoms with Crippen molar-refractivity contribution >= 4 is 11.6 Å². The van der Waals surface area contributed by atoms with Gasteiger partial charge < -0.3 is 9.84 Å². The summed E-state index contributed by atoms with van der Waals surface area (Å²) in [5.41, 5.74) is 2.04. The van der Waals surface area contributed by atoms with E-state index in [0.717, 1.165) is 47.6 Å². The lowest BCUT2D eigenvalue weighted by atomic mass is 9.95. The van der Waals surface area contributed by atoms with Crippen molar-refractivity contribution in [1.29, 1.82) is 0 Å². The van der Waals surface area contributed by atoms with Gasteiger partial charge >= 0.3 is 0 Å². The summed E-state index contributed by atoms with van der Waals surface area (Å²) in [7, 11) is 0. The van der Waals surface area contributed by atoms with Crippen molar-refractivity contribution in [2.75, 3.05) is 0 Å². The van der Waals surface area contributed by atoms with Crippen molar-refractivity contribution in [3.8, 4) is 5.75 Å². The summed E-state index contributed by atoms with van der Waals surface area (Å²) in [5.74, 6) is 0.815. The fraction of sp³-hybridized carbons (Fsp3) is 0.571. The molecule has 1 fully saturated rings. The van der Waals surface area contributed by atoms with Crippen molar-refractivity contribution in [2.24, 2.45) is 0 Å². The Hall–Kier alpha value is -0.730. The first-order valence-electron chi connectivity index (χ1n) is 6.19. The van der Waals surface area contributed by atoms with Gasteiger partial charge in [0.25, 0.3) is 0 Å². The zero-order valence-corrected chi connectivity index (χ0v) is 11.1. The van der Waals surface area contributed by atoms with Gasteiger partial charge in [0, 0.05) is 5.02 Å². The molecule has 0 spiro atoms. The largest absolute Gasteiger partial charge is 0.488 e. The van der Waals surface area contributed by atoms with E-state index in [4.69, 9.17) is 16.3 Å². The highest BCUT2D eigenvalue weighted by Gasteiger charge is 2.24. The summed E-state index contributed by atoms with van der Waals surface area (Å²) in [6.07, 6.45) is 3.61. The van der Waals surface area contributed by atoms with E-state index in [9.17, 15) is 5.11 Å². The summed E-state index contributed by atoms with van der Waals surface area (Å²) in [6, 6.07) is 3.88. The van der Waals surface area contributed by atoms with Crippen molar-refractivity contribution < 1.29 is 9.84 Å². The number of rotatable bonds is 2. The van der Waals surface area contributed by atoms with Crippen LogP contribution in [0.3, 0.4) is 0 Å². The van der Waals surface area contributed by atoms with E-state index in [1.807, 2.05) is 26.0 Å². The van der Waals surface area contributed by atoms with Gasteiger partial charge in [-0.3, -0.25) is 0 Å². The van der Waals surface area contributed by atoms with Crippen molar-refractivity contribution in [3.05, 3.63) is 28.3 Å². The summed E-state index contributed by atoms with van der Waals surface area (Å²) < 4.78 is 5.88. The molecule has 0 amide bonds. The molecule has 0 aliphatic heterocycles. The SMILES string of the molecule is Cc1cc(OC2CCCCC2O)cc(C)c1Cl. The van der Waals surface area contributed by atoms with Gasteiger partial charge in [0.05, 0.1) is 6.10 Å². The highest BCUT2D eigenvalue weighted by atomic mass is 35.5. The normalized spacial score (nSPS) is 24.7. The smallest absolute Gasteiger partial charge is 0.124 e. The Morgan fingerprint density at radius 2 is 1.76 bits per heavy atom. The van der Waals surface area contributed by atoms with Crippen LogP contribution in [0.2, 0.25) is 5.02 Å². The molecule has 1 aliphatic rings. The minimum Gasteiger partial charge on any atom is -0.488 e. The van der Waals surface area contributed by atoms with Crippen molar-refractivity contribution in [1.82, 2.24) is 0 Å². The Morgan fingerprint density at radius 1 is 1.18 bits per heavy atom. The lowest BCUT2D eigenvalue weighted by molar-refractivity contribution is 0.00682. The number of ether oxygens (including phenoxy) is 1. The quantitative estimate of drug-likeness (QED) is 0.873. The maximum absolute atomic E-state index is 9.87. The van der Waals surface area contributed by atoms with Crippen LogP contribution in [0, 0.1) is 13.8 Å². The molecule has 2 atom stereocenters. The Balaban J connectivity index is 2.12. The zero-order chi connectivity index (χ0) is 12.4. The van der Waals surface area contributed by atoms with Crippen LogP contribution in [0.25, 0.3) is 0 Å². The molecule has 1 aromatic rings. The first kappa shape index (κ1) is 12.7. The topological polar surface area (TPSA) is 29.5 Å². The van der Waals surface area contributed by atoms with E-state index in [1.54, 1.807) is 0 Å². The molecule has 2 unspecified atom stereocenters. The third-order valence-corrected chi connectivity index (χ3v) is 3.96. The van der Waals surface area contributed by atoms with Gasteiger partial charge in [-0.15, -0.1) is 0 Å². The van der Waals surface area contributed by atoms with Crippen molar-refractivity contribution in [2.45, 2.75) is 51.7 Å². The summed E-state index contributed by atoms with van der Waals surface area (Å²) in [4.78, 5) is 0. The fourth-order valence-corrected chi connectivity index (χ4v) is 2.47. The molecule has 2 rings (SSSR count). The monoisotopic (exact) mass is 254 g/mol. The number of hydrogen-bond acceptors (Lipinski definition) is 2. The highest BCUT2D eigenvalue weighted by molar-refractivity contribution is 6.32. The number of aryl methyl sites for hydroxylation is 2. The number of aliphatic hydroxyl groups excluding tert-OH is 1. The van der Waals surface area contributed by atoms with Crippen LogP contribution in [0.4, 0.5) is 0 Å². The third kappa shape index (κ3) is 2.93. The second-order valence-corrected chi connectivity index (χ2v) is 5.26. The minimum absolute atomic E-state index is 0.0660. The molecular formula is C14H19ClO2. The van der Waals surface area contributed by atoms with Gasteiger partial charge in [0.15, 0.2) is 0 Å². The van der Waals surface area contributed by atoms with E-state index in [-0.39, 0.29) is 12.2 Å². The fourth-order valence-electron chi connectivity index (χ4n) is 2.36. The van der Waals surface area contributed by atoms with E-state index < -0.39 is 0 Å². The average molecular weight is 255 g/mol. The molecule has 3 heteroatoms. The van der Waals surface area contributed by atoms with E-state index >= 15 is 0 Å². The predicted octanol–water partition coefficient (Wildman–Crippen LogP) is 3.64. The lowest BCUT2D eigenvalue weighted by Crippen LogP contribution is -2.34. The van der Waals surface area contributed by atoms with Gasteiger partial charge in [-0.2, -0.15) is 0 Å². The van der Waals surface area contributed by atoms with Crippen LogP contribution in [-0.4, -0.2) is 17.3 Å². The van der Waals surface area contributed by atoms with Crippen LogP contribution in [0.5, 0.6) is 5.75 Å². The van der Waals surface area contributed by atoms with Crippen LogP contribution in [-0.2, 0) is 0 Å². The maximum Gasteiger partial charge on any atom is 0.124 e. The van der Waals surface area contributed by atoms with Gasteiger partial charge in [-0.05, 0) is 56.4 Å². The number of aliphatic hydroxyl groups is 1. The first-order chi connectivity index (χ1) is 8.08. The van der Waals surface area contributed by atoms with E-state index in [2.05, 4.69) is 0 Å². The lowest BCUT2D eigenvalue weighted by Gasteiger charge is -2.28. The van der Waals surface area contributed by atoms with Gasteiger partial charge in [-0.25, -0.2) is 0 Å². The Kier molecular flexibility index (Phi) is 3.95. The predicted molar refractivity (Wildman–Crippen MR) is 69.8 cm³/mol. The van der Waals surface area contributed by atoms with E-state index in [1.165, 1.54) is 0 Å². The second-order valence-electron chi connectivity index (χ2n) is 4.88. The standard InChI is InChI=1S/C14H19ClO2/c1-9-7-11(8-10(2)14(9)15)17-13-6-4-3-5-12(13)16/h7-8,12-13,16H,3-6H2,1-2H3. The molecule has 17 heavy (non-hydrogen) atoms. The number of halogens is 1. The second kappa shape index (κ2) is 5.28. The van der Waals surface area contributed by atoms with Crippen LogP contribution in [0.15, 0.2) is 12.1 Å². The number of benzene rings is 1. The molecular weight excluding hydrogens is 236 g/mol. The summed E-state index contributed by atoms with van der Waals surface area (Å²) >= 11 is 6.12. The highest BCUT2D eigenvalue weighted by Crippen LogP contribution is 2.29. The van der Waals surface area contributed by atoms with Gasteiger partial charge in [-0.1, -0.05) is 18.0 Å². The van der Waals surface area contributed by atoms with Gasteiger partial charge in [0.1, 0.15) is 11.9 Å². The molecule has 0 bridgehead atoms. The molecule has 0 radical (unpaired) electrons. The minimum atomic E-state index is -0.333. The first-order valence-corrected chi connectivity index (χ1v) is 6.57. The molecule has 2 nitrogen and oxygen atoms in total. The number of hydrogen-bond donors (Lipinski definition) is 1. The molecule has 1 aliphatic carbocycles. The molecule has 0 aromatic heterocycles. The van der Waals surface area contributed by atoms with Crippen LogP contribution >= 0.6 is 11.6 Å². The summed E-state index contributed by atoms with van der Waals surface area (Å²) in [6.45, 7) is 3.94. The molecule has 0 heterocycles. The molecule has 1 saturated carbocycles. The van der Waals surface area contributed by atoms with Crippen LogP contribution < -0.4 is 4.74 Å². The zero-order valence-electron chi connectivity index (χ0n) is 10.4. The molecule has 0 saturated heterocycles.